The molecule has 196 valence electrons. The number of para-hydroxylation sites is 2. The first kappa shape index (κ1) is 26.6. The summed E-state index contributed by atoms with van der Waals surface area (Å²) in [4.78, 5) is 38.9. The van der Waals surface area contributed by atoms with Gasteiger partial charge in [-0.25, -0.2) is 9.69 Å². The van der Waals surface area contributed by atoms with Gasteiger partial charge in [0.2, 0.25) is 0 Å². The third-order valence-corrected chi connectivity index (χ3v) is 5.68. The molecule has 38 heavy (non-hydrogen) atoms. The predicted octanol–water partition coefficient (Wildman–Crippen LogP) is 4.87. The average molecular weight is 537 g/mol. The van der Waals surface area contributed by atoms with Gasteiger partial charge in [0.15, 0.2) is 23.0 Å². The summed E-state index contributed by atoms with van der Waals surface area (Å²) in [5.41, 5.74) is 0.584. The molecule has 0 aliphatic carbocycles. The molecule has 4 rings (SSSR count). The molecule has 1 aliphatic heterocycles. The summed E-state index contributed by atoms with van der Waals surface area (Å²) in [7, 11) is 1.57. The molecule has 0 bridgehead atoms. The Kier molecular flexibility index (Phi) is 8.50. The van der Waals surface area contributed by atoms with Crippen molar-refractivity contribution in [3.63, 3.8) is 0 Å². The first-order valence-corrected chi connectivity index (χ1v) is 12.1. The summed E-state index contributed by atoms with van der Waals surface area (Å²) >= 11 is 5.91. The monoisotopic (exact) mass is 536 g/mol. The SMILES string of the molecule is CCOc1cc(/C=C2/C(=O)NC(=O)N(c3ccc(Cl)cc3)C2=O)ccc1OCCOc1ccccc1OC. The molecular weight excluding hydrogens is 512 g/mol. The second-order valence-corrected chi connectivity index (χ2v) is 8.36. The van der Waals surface area contributed by atoms with Crippen molar-refractivity contribution in [2.45, 2.75) is 6.92 Å². The van der Waals surface area contributed by atoms with Crippen molar-refractivity contribution in [1.29, 1.82) is 0 Å². The maximum atomic E-state index is 13.1. The number of hydrogen-bond acceptors (Lipinski definition) is 7. The van der Waals surface area contributed by atoms with Crippen molar-refractivity contribution in [2.75, 3.05) is 31.8 Å². The van der Waals surface area contributed by atoms with Crippen LogP contribution < -0.4 is 29.2 Å². The van der Waals surface area contributed by atoms with Crippen LogP contribution in [0.5, 0.6) is 23.0 Å². The molecule has 4 amide bonds. The molecule has 9 nitrogen and oxygen atoms in total. The van der Waals surface area contributed by atoms with Crippen LogP contribution in [0.3, 0.4) is 0 Å². The summed E-state index contributed by atoms with van der Waals surface area (Å²) in [5.74, 6) is 0.568. The number of ether oxygens (including phenoxy) is 4. The molecule has 3 aromatic carbocycles. The highest BCUT2D eigenvalue weighted by molar-refractivity contribution is 6.39. The van der Waals surface area contributed by atoms with Crippen molar-refractivity contribution >= 4 is 41.2 Å². The molecule has 0 radical (unpaired) electrons. The molecule has 1 N–H and O–H groups in total. The van der Waals surface area contributed by atoms with E-state index < -0.39 is 17.8 Å². The van der Waals surface area contributed by atoms with Crippen LogP contribution >= 0.6 is 11.6 Å². The fraction of sp³-hybridized carbons (Fsp3) is 0.179. The molecular formula is C28H25ClN2O7. The quantitative estimate of drug-likeness (QED) is 0.224. The number of anilines is 1. The zero-order valence-corrected chi connectivity index (χ0v) is 21.5. The van der Waals surface area contributed by atoms with Gasteiger partial charge in [0, 0.05) is 5.02 Å². The van der Waals surface area contributed by atoms with Crippen molar-refractivity contribution in [3.8, 4) is 23.0 Å². The third-order valence-electron chi connectivity index (χ3n) is 5.43. The molecule has 1 saturated heterocycles. The van der Waals surface area contributed by atoms with E-state index in [9.17, 15) is 14.4 Å². The standard InChI is InChI=1S/C28H25ClN2O7/c1-3-36-25-17-18(8-13-24(25)38-15-14-37-23-7-5-4-6-22(23)35-2)16-21-26(32)30-28(34)31(27(21)33)20-11-9-19(29)10-12-20/h4-13,16-17H,3,14-15H2,1-2H3,(H,30,32,34)/b21-16-. The summed E-state index contributed by atoms with van der Waals surface area (Å²) in [6.45, 7) is 2.69. The number of imide groups is 2. The van der Waals surface area contributed by atoms with Crippen molar-refractivity contribution in [1.82, 2.24) is 5.32 Å². The number of nitrogens with one attached hydrogen (secondary N) is 1. The molecule has 1 heterocycles. The number of carbonyl (C=O) groups excluding carboxylic acids is 3. The molecule has 10 heteroatoms. The fourth-order valence-corrected chi connectivity index (χ4v) is 3.82. The molecule has 0 unspecified atom stereocenters. The van der Waals surface area contributed by atoms with Gasteiger partial charge in [0.1, 0.15) is 18.8 Å². The number of nitrogens with zero attached hydrogens (tertiary/aromatic N) is 1. The summed E-state index contributed by atoms with van der Waals surface area (Å²) in [6, 6.07) is 17.6. The zero-order valence-electron chi connectivity index (χ0n) is 20.7. The number of methoxy groups -OCH3 is 1. The number of hydrogen-bond donors (Lipinski definition) is 1. The van der Waals surface area contributed by atoms with E-state index in [1.807, 2.05) is 19.1 Å². The van der Waals surface area contributed by atoms with E-state index in [-0.39, 0.29) is 24.5 Å². The van der Waals surface area contributed by atoms with Gasteiger partial charge in [0.05, 0.1) is 19.4 Å². The van der Waals surface area contributed by atoms with Gasteiger partial charge in [-0.1, -0.05) is 29.8 Å². The number of benzene rings is 3. The molecule has 0 atom stereocenters. The lowest BCUT2D eigenvalue weighted by Gasteiger charge is -2.26. The van der Waals surface area contributed by atoms with E-state index in [2.05, 4.69) is 5.32 Å². The molecule has 1 fully saturated rings. The van der Waals surface area contributed by atoms with Crippen LogP contribution in [0.2, 0.25) is 5.02 Å². The van der Waals surface area contributed by atoms with E-state index in [0.29, 0.717) is 40.2 Å². The first-order chi connectivity index (χ1) is 18.4. The Balaban J connectivity index is 1.50. The zero-order chi connectivity index (χ0) is 27.1. The Hall–Kier alpha value is -4.50. The van der Waals surface area contributed by atoms with Crippen LogP contribution in [0.15, 0.2) is 72.3 Å². The molecule has 0 aromatic heterocycles. The Morgan fingerprint density at radius 3 is 2.16 bits per heavy atom. The Bertz CT molecular complexity index is 1370. The topological polar surface area (TPSA) is 103 Å². The highest BCUT2D eigenvalue weighted by Crippen LogP contribution is 2.31. The second kappa shape index (κ2) is 12.2. The first-order valence-electron chi connectivity index (χ1n) is 11.7. The third kappa shape index (κ3) is 6.07. The number of carbonyl (C=O) groups is 3. The van der Waals surface area contributed by atoms with Gasteiger partial charge in [-0.2, -0.15) is 0 Å². The second-order valence-electron chi connectivity index (χ2n) is 7.92. The van der Waals surface area contributed by atoms with Gasteiger partial charge < -0.3 is 18.9 Å². The van der Waals surface area contributed by atoms with Crippen LogP contribution in [0.1, 0.15) is 12.5 Å². The van der Waals surface area contributed by atoms with Gasteiger partial charge in [-0.3, -0.25) is 14.9 Å². The minimum absolute atomic E-state index is 0.208. The Morgan fingerprint density at radius 1 is 0.842 bits per heavy atom. The van der Waals surface area contributed by atoms with E-state index in [4.69, 9.17) is 30.5 Å². The van der Waals surface area contributed by atoms with Crippen molar-refractivity contribution in [3.05, 3.63) is 82.9 Å². The number of barbiturate groups is 1. The van der Waals surface area contributed by atoms with Gasteiger partial charge in [0.25, 0.3) is 11.8 Å². The van der Waals surface area contributed by atoms with E-state index in [1.54, 1.807) is 49.6 Å². The van der Waals surface area contributed by atoms with Gasteiger partial charge >= 0.3 is 6.03 Å². The van der Waals surface area contributed by atoms with Crippen LogP contribution in [0.25, 0.3) is 6.08 Å². The Morgan fingerprint density at radius 2 is 1.50 bits per heavy atom. The normalized spacial score (nSPS) is 14.3. The highest BCUT2D eigenvalue weighted by Gasteiger charge is 2.36. The number of halogens is 1. The molecule has 0 spiro atoms. The number of amides is 4. The fourth-order valence-electron chi connectivity index (χ4n) is 3.69. The lowest BCUT2D eigenvalue weighted by atomic mass is 10.1. The predicted molar refractivity (Wildman–Crippen MR) is 142 cm³/mol. The largest absolute Gasteiger partial charge is 0.493 e. The van der Waals surface area contributed by atoms with Crippen LogP contribution in [-0.2, 0) is 9.59 Å². The Labute approximate surface area is 224 Å². The van der Waals surface area contributed by atoms with Crippen molar-refractivity contribution in [2.24, 2.45) is 0 Å². The van der Waals surface area contributed by atoms with E-state index >= 15 is 0 Å². The molecule has 0 saturated carbocycles. The van der Waals surface area contributed by atoms with Crippen LogP contribution in [-0.4, -0.2) is 44.8 Å². The maximum absolute atomic E-state index is 13.1. The minimum atomic E-state index is -0.839. The smallest absolute Gasteiger partial charge is 0.335 e. The lowest BCUT2D eigenvalue weighted by molar-refractivity contribution is -0.122. The molecule has 1 aliphatic rings. The number of urea groups is 1. The summed E-state index contributed by atoms with van der Waals surface area (Å²) < 4.78 is 22.6. The minimum Gasteiger partial charge on any atom is -0.493 e. The maximum Gasteiger partial charge on any atom is 0.335 e. The lowest BCUT2D eigenvalue weighted by Crippen LogP contribution is -2.54. The van der Waals surface area contributed by atoms with Crippen molar-refractivity contribution < 1.29 is 33.3 Å². The summed E-state index contributed by atoms with van der Waals surface area (Å²) in [5, 5.41) is 2.64. The molecule has 3 aromatic rings. The number of rotatable bonds is 10. The highest BCUT2D eigenvalue weighted by atomic mass is 35.5. The van der Waals surface area contributed by atoms with Crippen LogP contribution in [0, 0.1) is 0 Å². The van der Waals surface area contributed by atoms with Gasteiger partial charge in [-0.15, -0.1) is 0 Å². The van der Waals surface area contributed by atoms with Crippen LogP contribution in [0.4, 0.5) is 10.5 Å². The van der Waals surface area contributed by atoms with E-state index in [0.717, 1.165) is 4.90 Å². The summed E-state index contributed by atoms with van der Waals surface area (Å²) in [6.07, 6.45) is 1.39. The van der Waals surface area contributed by atoms with E-state index in [1.165, 1.54) is 18.2 Å². The van der Waals surface area contributed by atoms with Gasteiger partial charge in [-0.05, 0) is 67.1 Å². The average Bonchev–Trinajstić information content (AvgIpc) is 2.91.